The van der Waals surface area contributed by atoms with Gasteiger partial charge in [0.15, 0.2) is 11.3 Å². The van der Waals surface area contributed by atoms with Crippen LogP contribution in [0.2, 0.25) is 0 Å². The first-order valence-corrected chi connectivity index (χ1v) is 15.2. The Balaban J connectivity index is 1.41. The van der Waals surface area contributed by atoms with Crippen LogP contribution in [0.1, 0.15) is 60.0 Å². The molecule has 0 radical (unpaired) electrons. The number of nitrogens with zero attached hydrogens (tertiary/aromatic N) is 7. The van der Waals surface area contributed by atoms with Crippen LogP contribution in [0.4, 0.5) is 15.0 Å². The van der Waals surface area contributed by atoms with Gasteiger partial charge in [-0.05, 0) is 81.8 Å². The fourth-order valence-electron chi connectivity index (χ4n) is 5.80. The number of hydrogen-bond donors (Lipinski definition) is 0. The fourth-order valence-corrected chi connectivity index (χ4v) is 5.80. The Morgan fingerprint density at radius 1 is 1.06 bits per heavy atom. The molecule has 3 aromatic heterocycles. The van der Waals surface area contributed by atoms with E-state index in [4.69, 9.17) is 9.47 Å². The van der Waals surface area contributed by atoms with Crippen LogP contribution in [-0.2, 0) is 9.47 Å². The third-order valence-corrected chi connectivity index (χ3v) is 7.96. The number of piperidine rings is 1. The van der Waals surface area contributed by atoms with Crippen molar-refractivity contribution in [3.8, 4) is 5.69 Å². The highest BCUT2D eigenvalue weighted by molar-refractivity contribution is 6.11. The summed E-state index contributed by atoms with van der Waals surface area (Å²) >= 11 is 0. The van der Waals surface area contributed by atoms with Crippen molar-refractivity contribution in [2.75, 3.05) is 25.1 Å². The number of fused-ring (bicyclic) bond motifs is 2. The number of pyridine rings is 2. The summed E-state index contributed by atoms with van der Waals surface area (Å²) < 4.78 is 27.8. The topological polar surface area (TPSA) is 133 Å². The monoisotopic (exact) mass is 639 g/mol. The summed E-state index contributed by atoms with van der Waals surface area (Å²) in [6, 6.07) is 14.2. The number of aromatic nitrogens is 5. The SMILES string of the molecule is COC(=O)c1ccc2nnn(-c3ccc(C(=O)N(c4nccc5cccc(C)c45)[C@@H]4CCCN(C(=O)OC(C)(C)C)C4)c(F)c3)c2n1. The molecule has 13 heteroatoms. The molecule has 0 spiro atoms. The van der Waals surface area contributed by atoms with E-state index in [1.54, 1.807) is 37.9 Å². The van der Waals surface area contributed by atoms with Gasteiger partial charge in [-0.1, -0.05) is 23.4 Å². The lowest BCUT2D eigenvalue weighted by Crippen LogP contribution is -2.53. The molecule has 1 fully saturated rings. The van der Waals surface area contributed by atoms with Gasteiger partial charge in [0.05, 0.1) is 24.4 Å². The van der Waals surface area contributed by atoms with E-state index in [2.05, 4.69) is 20.3 Å². The van der Waals surface area contributed by atoms with Crippen molar-refractivity contribution >= 4 is 45.7 Å². The number of esters is 1. The summed E-state index contributed by atoms with van der Waals surface area (Å²) in [4.78, 5) is 51.7. The number of halogens is 1. The van der Waals surface area contributed by atoms with Crippen molar-refractivity contribution in [2.45, 2.75) is 52.2 Å². The Morgan fingerprint density at radius 3 is 2.62 bits per heavy atom. The molecule has 2 aromatic carbocycles. The Bertz CT molecular complexity index is 2020. The number of methoxy groups -OCH3 is 1. The second-order valence-corrected chi connectivity index (χ2v) is 12.4. The van der Waals surface area contributed by atoms with Crippen LogP contribution in [0, 0.1) is 12.7 Å². The Kier molecular flexibility index (Phi) is 8.31. The van der Waals surface area contributed by atoms with Crippen molar-refractivity contribution in [1.82, 2.24) is 29.9 Å². The highest BCUT2D eigenvalue weighted by Gasteiger charge is 2.36. The summed E-state index contributed by atoms with van der Waals surface area (Å²) in [7, 11) is 1.25. The van der Waals surface area contributed by atoms with Crippen molar-refractivity contribution in [2.24, 2.45) is 0 Å². The molecule has 0 bridgehead atoms. The number of anilines is 1. The Hall–Kier alpha value is -5.46. The van der Waals surface area contributed by atoms with Gasteiger partial charge in [-0.3, -0.25) is 9.69 Å². The minimum Gasteiger partial charge on any atom is -0.464 e. The minimum atomic E-state index is -0.804. The van der Waals surface area contributed by atoms with Gasteiger partial charge in [0.1, 0.15) is 22.8 Å². The van der Waals surface area contributed by atoms with Crippen LogP contribution < -0.4 is 4.90 Å². The molecule has 6 rings (SSSR count). The molecule has 4 heterocycles. The lowest BCUT2D eigenvalue weighted by atomic mass is 10.00. The van der Waals surface area contributed by atoms with E-state index in [0.29, 0.717) is 30.7 Å². The molecule has 12 nitrogen and oxygen atoms in total. The number of benzene rings is 2. The minimum absolute atomic E-state index is 0.0391. The van der Waals surface area contributed by atoms with E-state index in [0.717, 1.165) is 16.3 Å². The van der Waals surface area contributed by atoms with Crippen molar-refractivity contribution in [3.05, 3.63) is 83.4 Å². The molecule has 242 valence electrons. The smallest absolute Gasteiger partial charge is 0.410 e. The van der Waals surface area contributed by atoms with Crippen LogP contribution in [-0.4, -0.2) is 79.7 Å². The van der Waals surface area contributed by atoms with E-state index >= 15 is 4.39 Å². The van der Waals surface area contributed by atoms with Gasteiger partial charge in [0.2, 0.25) is 0 Å². The molecule has 1 saturated heterocycles. The summed E-state index contributed by atoms with van der Waals surface area (Å²) in [6.45, 7) is 7.98. The van der Waals surface area contributed by atoms with Gasteiger partial charge in [0, 0.05) is 30.7 Å². The van der Waals surface area contributed by atoms with Gasteiger partial charge in [0.25, 0.3) is 5.91 Å². The van der Waals surface area contributed by atoms with Crippen molar-refractivity contribution < 1.29 is 28.2 Å². The standard InChI is InChI=1S/C34H34FN7O5/c1-20-8-6-9-21-15-16-36-30(28(20)21)41(23-10-7-17-40(19-23)33(45)47-34(2,3)4)31(43)24-12-11-22(18-25(24)35)42-29-26(38-39-42)13-14-27(37-29)32(44)46-5/h6,8-9,11-16,18,23H,7,10,17,19H2,1-5H3/t23-/m1/s1. The van der Waals surface area contributed by atoms with Gasteiger partial charge in [-0.25, -0.2) is 23.9 Å². The second-order valence-electron chi connectivity index (χ2n) is 12.4. The first-order chi connectivity index (χ1) is 22.4. The summed E-state index contributed by atoms with van der Waals surface area (Å²) in [6.07, 6.45) is 2.32. The number of likely N-dealkylation sites (tertiary alicyclic amines) is 1. The lowest BCUT2D eigenvalue weighted by molar-refractivity contribution is 0.0195. The molecule has 47 heavy (non-hydrogen) atoms. The number of carbonyl (C=O) groups is 3. The van der Waals surface area contributed by atoms with E-state index < -0.39 is 35.4 Å². The van der Waals surface area contributed by atoms with Crippen LogP contribution in [0.25, 0.3) is 27.6 Å². The first-order valence-electron chi connectivity index (χ1n) is 15.2. The molecule has 0 unspecified atom stereocenters. The predicted octanol–water partition coefficient (Wildman–Crippen LogP) is 5.64. The average molecular weight is 640 g/mol. The maximum atomic E-state index is 16.1. The van der Waals surface area contributed by atoms with Gasteiger partial charge < -0.3 is 14.4 Å². The third-order valence-electron chi connectivity index (χ3n) is 7.96. The molecule has 1 atom stereocenters. The molecule has 1 aliphatic heterocycles. The molecule has 0 N–H and O–H groups in total. The number of hydrogen-bond acceptors (Lipinski definition) is 9. The molecule has 0 saturated carbocycles. The van der Waals surface area contributed by atoms with E-state index in [1.165, 1.54) is 41.0 Å². The van der Waals surface area contributed by atoms with Crippen LogP contribution in [0.15, 0.2) is 60.8 Å². The molecule has 2 amide bonds. The van der Waals surface area contributed by atoms with Crippen molar-refractivity contribution in [1.29, 1.82) is 0 Å². The number of ether oxygens (including phenoxy) is 2. The zero-order valence-electron chi connectivity index (χ0n) is 26.7. The number of rotatable bonds is 5. The third kappa shape index (κ3) is 6.20. The van der Waals surface area contributed by atoms with Gasteiger partial charge in [-0.15, -0.1) is 5.10 Å². The highest BCUT2D eigenvalue weighted by Crippen LogP contribution is 2.33. The van der Waals surface area contributed by atoms with Crippen LogP contribution >= 0.6 is 0 Å². The summed E-state index contributed by atoms with van der Waals surface area (Å²) in [5.74, 6) is -1.67. The molecular weight excluding hydrogens is 605 g/mol. The quantitative estimate of drug-likeness (QED) is 0.224. The maximum Gasteiger partial charge on any atom is 0.410 e. The molecule has 5 aromatic rings. The first kappa shape index (κ1) is 31.5. The molecule has 0 aliphatic carbocycles. The van der Waals surface area contributed by atoms with Crippen LogP contribution in [0.5, 0.6) is 0 Å². The summed E-state index contributed by atoms with van der Waals surface area (Å²) in [5.41, 5.74) is 0.901. The van der Waals surface area contributed by atoms with E-state index in [9.17, 15) is 14.4 Å². The maximum absolute atomic E-state index is 16.1. The molecule has 1 aliphatic rings. The Labute approximate surface area is 270 Å². The zero-order chi connectivity index (χ0) is 33.5. The van der Waals surface area contributed by atoms with Crippen molar-refractivity contribution in [3.63, 3.8) is 0 Å². The van der Waals surface area contributed by atoms with E-state index in [1.807, 2.05) is 31.2 Å². The fraction of sp³-hybridized carbons (Fsp3) is 0.324. The predicted molar refractivity (Wildman–Crippen MR) is 172 cm³/mol. The van der Waals surface area contributed by atoms with Crippen LogP contribution in [0.3, 0.4) is 0 Å². The number of carbonyl (C=O) groups excluding carboxylic acids is 3. The Morgan fingerprint density at radius 2 is 1.87 bits per heavy atom. The largest absolute Gasteiger partial charge is 0.464 e. The average Bonchev–Trinajstić information content (AvgIpc) is 3.47. The second kappa shape index (κ2) is 12.4. The molecular formula is C34H34FN7O5. The van der Waals surface area contributed by atoms with Gasteiger partial charge in [-0.2, -0.15) is 4.68 Å². The van der Waals surface area contributed by atoms with E-state index in [-0.39, 0.29) is 29.1 Å². The van der Waals surface area contributed by atoms with Gasteiger partial charge >= 0.3 is 12.1 Å². The number of aryl methyl sites for hydroxylation is 1. The lowest BCUT2D eigenvalue weighted by Gasteiger charge is -2.39. The zero-order valence-corrected chi connectivity index (χ0v) is 26.7. The number of amides is 2. The summed E-state index contributed by atoms with van der Waals surface area (Å²) in [5, 5.41) is 9.79. The normalized spacial score (nSPS) is 15.1. The highest BCUT2D eigenvalue weighted by atomic mass is 19.1.